The fraction of sp³-hybridized carbons (Fsp3) is 0.414. The normalized spacial score (nSPS) is 18.7. The van der Waals surface area contributed by atoms with Gasteiger partial charge in [0.25, 0.3) is 5.91 Å². The molecule has 0 bridgehead atoms. The first-order valence-corrected chi connectivity index (χ1v) is 13.3. The number of benzene rings is 1. The van der Waals surface area contributed by atoms with Crippen LogP contribution in [0.15, 0.2) is 36.5 Å². The Labute approximate surface area is 232 Å². The number of halogens is 1. The molecule has 2 aromatic heterocycles. The molecule has 0 saturated carbocycles. The maximum Gasteiger partial charge on any atom is 0.404 e. The highest BCUT2D eigenvalue weighted by atomic mass is 19.1. The molecular weight excluding hydrogens is 515 g/mol. The second-order valence-electron chi connectivity index (χ2n) is 11.0. The summed E-state index contributed by atoms with van der Waals surface area (Å²) in [6.07, 6.45) is 1.46. The van der Waals surface area contributed by atoms with Crippen LogP contribution in [0.3, 0.4) is 0 Å². The molecule has 0 spiro atoms. The fourth-order valence-electron chi connectivity index (χ4n) is 5.74. The summed E-state index contributed by atoms with van der Waals surface area (Å²) in [7, 11) is 1.47. The SMILES string of the molecule is CCc1cc(N2Cc3c(ccnc3-c3c(F)cccc3OC)C2=O)nc(N2CC[C@@H](OC(N)=O)C2C(C)(C)C)n1. The number of rotatable bonds is 6. The summed E-state index contributed by atoms with van der Waals surface area (Å²) in [5.41, 5.74) is 7.41. The van der Waals surface area contributed by atoms with Crippen molar-refractivity contribution < 1.29 is 23.5 Å². The van der Waals surface area contributed by atoms with Gasteiger partial charge < -0.3 is 20.1 Å². The molecule has 0 aliphatic carbocycles. The standard InChI is InChI=1S/C29H33FN6O4/c1-6-16-14-22(34-28(33-16)35-13-11-21(40-27(31)38)25(35)29(2,3)4)36-15-18-17(26(36)37)10-12-32-24(18)23-19(30)8-7-9-20(23)39-5/h7-10,12,14,21,25H,6,11,13,15H2,1-5H3,(H2,31,38)/t21-,25?/m1/s1. The molecule has 2 aliphatic rings. The van der Waals surface area contributed by atoms with E-state index in [0.717, 1.165) is 5.69 Å². The van der Waals surface area contributed by atoms with Crippen LogP contribution in [0.25, 0.3) is 11.3 Å². The van der Waals surface area contributed by atoms with Crippen LogP contribution in [-0.2, 0) is 17.7 Å². The Bertz CT molecular complexity index is 1470. The smallest absolute Gasteiger partial charge is 0.404 e. The molecule has 1 aromatic carbocycles. The molecule has 1 unspecified atom stereocenters. The van der Waals surface area contributed by atoms with Gasteiger partial charge in [-0.1, -0.05) is 33.8 Å². The summed E-state index contributed by atoms with van der Waals surface area (Å²) >= 11 is 0. The predicted molar refractivity (Wildman–Crippen MR) is 148 cm³/mol. The zero-order chi connectivity index (χ0) is 28.8. The number of hydrogen-bond acceptors (Lipinski definition) is 8. The Morgan fingerprint density at radius 1 is 1.23 bits per heavy atom. The van der Waals surface area contributed by atoms with Crippen molar-refractivity contribution in [3.63, 3.8) is 0 Å². The van der Waals surface area contributed by atoms with Crippen molar-refractivity contribution in [1.82, 2.24) is 15.0 Å². The molecule has 1 saturated heterocycles. The van der Waals surface area contributed by atoms with Crippen LogP contribution in [-0.4, -0.2) is 52.8 Å². The number of hydrogen-bond donors (Lipinski definition) is 1. The number of aryl methyl sites for hydroxylation is 1. The number of carbonyl (C=O) groups is 2. The third-order valence-corrected chi connectivity index (χ3v) is 7.43. The van der Waals surface area contributed by atoms with Crippen LogP contribution in [0.2, 0.25) is 0 Å². The van der Waals surface area contributed by atoms with E-state index in [1.54, 1.807) is 29.2 Å². The molecule has 10 nitrogen and oxygen atoms in total. The van der Waals surface area contributed by atoms with E-state index in [4.69, 9.17) is 25.2 Å². The lowest BCUT2D eigenvalue weighted by atomic mass is 9.84. The summed E-state index contributed by atoms with van der Waals surface area (Å²) in [6, 6.07) is 7.78. The second-order valence-corrected chi connectivity index (χ2v) is 11.0. The molecule has 1 fully saturated rings. The number of fused-ring (bicyclic) bond motifs is 1. The number of amides is 2. The Kier molecular flexibility index (Phi) is 7.07. The van der Waals surface area contributed by atoms with Crippen LogP contribution in [0.4, 0.5) is 21.0 Å². The number of pyridine rings is 1. The topological polar surface area (TPSA) is 124 Å². The van der Waals surface area contributed by atoms with Crippen LogP contribution in [0.1, 0.15) is 55.7 Å². The monoisotopic (exact) mass is 548 g/mol. The summed E-state index contributed by atoms with van der Waals surface area (Å²) in [5, 5.41) is 0. The van der Waals surface area contributed by atoms with Crippen molar-refractivity contribution in [1.29, 1.82) is 0 Å². The second kappa shape index (κ2) is 10.4. The fourth-order valence-corrected chi connectivity index (χ4v) is 5.74. The van der Waals surface area contributed by atoms with Gasteiger partial charge in [0.15, 0.2) is 0 Å². The van der Waals surface area contributed by atoms with Gasteiger partial charge in [-0.3, -0.25) is 14.7 Å². The summed E-state index contributed by atoms with van der Waals surface area (Å²) in [6.45, 7) is 8.87. The van der Waals surface area contributed by atoms with Gasteiger partial charge in [0, 0.05) is 42.0 Å². The molecule has 3 aromatic rings. The van der Waals surface area contributed by atoms with Crippen molar-refractivity contribution >= 4 is 23.8 Å². The van der Waals surface area contributed by atoms with Gasteiger partial charge in [-0.2, -0.15) is 4.98 Å². The number of primary amides is 1. The summed E-state index contributed by atoms with van der Waals surface area (Å²) < 4.78 is 25.9. The molecule has 210 valence electrons. The minimum atomic E-state index is -0.818. The van der Waals surface area contributed by atoms with Gasteiger partial charge in [0.1, 0.15) is 23.5 Å². The largest absolute Gasteiger partial charge is 0.496 e. The number of aromatic nitrogens is 3. The van der Waals surface area contributed by atoms with Crippen molar-refractivity contribution in [2.75, 3.05) is 23.5 Å². The van der Waals surface area contributed by atoms with Gasteiger partial charge in [-0.25, -0.2) is 14.2 Å². The third-order valence-electron chi connectivity index (χ3n) is 7.43. The van der Waals surface area contributed by atoms with Crippen LogP contribution < -0.4 is 20.3 Å². The van der Waals surface area contributed by atoms with Gasteiger partial charge in [-0.15, -0.1) is 0 Å². The predicted octanol–water partition coefficient (Wildman–Crippen LogP) is 4.50. The number of ether oxygens (including phenoxy) is 2. The maximum atomic E-state index is 15.0. The first-order chi connectivity index (χ1) is 19.0. The Hall–Kier alpha value is -4.28. The average Bonchev–Trinajstić information content (AvgIpc) is 3.49. The van der Waals surface area contributed by atoms with E-state index in [1.807, 2.05) is 11.8 Å². The zero-order valence-corrected chi connectivity index (χ0v) is 23.3. The molecule has 40 heavy (non-hydrogen) atoms. The Balaban J connectivity index is 1.55. The van der Waals surface area contributed by atoms with Crippen molar-refractivity contribution in [3.05, 3.63) is 59.2 Å². The lowest BCUT2D eigenvalue weighted by Crippen LogP contribution is -2.47. The number of carbonyl (C=O) groups excluding carboxylic acids is 2. The molecule has 4 heterocycles. The Morgan fingerprint density at radius 2 is 2.00 bits per heavy atom. The highest BCUT2D eigenvalue weighted by Gasteiger charge is 2.45. The average molecular weight is 549 g/mol. The molecule has 2 N–H and O–H groups in total. The maximum absolute atomic E-state index is 15.0. The molecule has 5 rings (SSSR count). The molecular formula is C29H33FN6O4. The van der Waals surface area contributed by atoms with E-state index in [1.165, 1.54) is 19.4 Å². The van der Waals surface area contributed by atoms with Gasteiger partial charge >= 0.3 is 6.09 Å². The number of anilines is 2. The van der Waals surface area contributed by atoms with E-state index in [0.29, 0.717) is 53.7 Å². The molecule has 2 atom stereocenters. The highest BCUT2D eigenvalue weighted by molar-refractivity contribution is 6.10. The van der Waals surface area contributed by atoms with Crippen molar-refractivity contribution in [2.45, 2.75) is 59.2 Å². The Morgan fingerprint density at radius 3 is 2.67 bits per heavy atom. The van der Waals surface area contributed by atoms with Crippen LogP contribution >= 0.6 is 0 Å². The van der Waals surface area contributed by atoms with Crippen LogP contribution in [0, 0.1) is 11.2 Å². The van der Waals surface area contributed by atoms with Gasteiger partial charge in [0.05, 0.1) is 31.0 Å². The van der Waals surface area contributed by atoms with Gasteiger partial charge in [-0.05, 0) is 30.0 Å². The molecule has 2 aliphatic heterocycles. The van der Waals surface area contributed by atoms with Crippen molar-refractivity contribution in [3.8, 4) is 17.0 Å². The third kappa shape index (κ3) is 4.80. The van der Waals surface area contributed by atoms with E-state index >= 15 is 0 Å². The first kappa shape index (κ1) is 27.3. The highest BCUT2D eigenvalue weighted by Crippen LogP contribution is 2.40. The zero-order valence-electron chi connectivity index (χ0n) is 23.3. The molecule has 11 heteroatoms. The number of nitrogens with zero attached hydrogens (tertiary/aromatic N) is 5. The molecule has 2 amide bonds. The summed E-state index contributed by atoms with van der Waals surface area (Å²) in [4.78, 5) is 42.9. The summed E-state index contributed by atoms with van der Waals surface area (Å²) in [5.74, 6) is 0.464. The number of nitrogens with two attached hydrogens (primary N) is 1. The van der Waals surface area contributed by atoms with E-state index in [9.17, 15) is 14.0 Å². The molecule has 0 radical (unpaired) electrons. The minimum Gasteiger partial charge on any atom is -0.496 e. The van der Waals surface area contributed by atoms with E-state index in [-0.39, 0.29) is 29.5 Å². The number of methoxy groups -OCH3 is 1. The quantitative estimate of drug-likeness (QED) is 0.478. The lowest BCUT2D eigenvalue weighted by molar-refractivity contribution is 0.0751. The van der Waals surface area contributed by atoms with Crippen molar-refractivity contribution in [2.24, 2.45) is 11.1 Å². The van der Waals surface area contributed by atoms with Crippen LogP contribution in [0.5, 0.6) is 5.75 Å². The lowest BCUT2D eigenvalue weighted by Gasteiger charge is -2.37. The van der Waals surface area contributed by atoms with E-state index < -0.39 is 18.0 Å². The van der Waals surface area contributed by atoms with E-state index in [2.05, 4.69) is 25.8 Å². The minimum absolute atomic E-state index is 0.157. The first-order valence-electron chi connectivity index (χ1n) is 13.3. The van der Waals surface area contributed by atoms with Gasteiger partial charge in [0.2, 0.25) is 5.95 Å².